The van der Waals surface area contributed by atoms with Crippen LogP contribution in [0.4, 0.5) is 0 Å². The lowest BCUT2D eigenvalue weighted by Crippen LogP contribution is -2.10. The molecule has 0 saturated heterocycles. The van der Waals surface area contributed by atoms with Crippen molar-refractivity contribution in [3.8, 4) is 6.19 Å². The second kappa shape index (κ2) is 4.64. The van der Waals surface area contributed by atoms with Crippen LogP contribution < -0.4 is 5.46 Å². The van der Waals surface area contributed by atoms with E-state index < -0.39 is 9.73 Å². The van der Waals surface area contributed by atoms with Gasteiger partial charge in [-0.2, -0.15) is 5.26 Å². The summed E-state index contributed by atoms with van der Waals surface area (Å²) in [7, 11) is 2.99. The van der Waals surface area contributed by atoms with Crippen molar-refractivity contribution >= 4 is 34.6 Å². The van der Waals surface area contributed by atoms with Crippen LogP contribution in [-0.4, -0.2) is 23.3 Å². The molecule has 0 fully saturated rings. The third kappa shape index (κ3) is 3.53. The molecular formula is C8H7BClN3OS. The molecule has 1 heterocycles. The molecule has 1 aromatic rings. The Balaban J connectivity index is 3.03. The minimum atomic E-state index is -2.54. The summed E-state index contributed by atoms with van der Waals surface area (Å²) in [6.07, 6.45) is 4.40. The zero-order valence-electron chi connectivity index (χ0n) is 7.98. The van der Waals surface area contributed by atoms with E-state index >= 15 is 0 Å². The van der Waals surface area contributed by atoms with Crippen LogP contribution in [0, 0.1) is 11.5 Å². The Bertz CT molecular complexity index is 531. The molecule has 0 aliphatic rings. The highest BCUT2D eigenvalue weighted by Crippen LogP contribution is 2.07. The Kier molecular flexibility index (Phi) is 3.72. The molecule has 0 spiro atoms. The highest BCUT2D eigenvalue weighted by molar-refractivity contribution is 7.92. The van der Waals surface area contributed by atoms with Gasteiger partial charge in [0.2, 0.25) is 6.19 Å². The number of halogens is 1. The normalized spacial score (nSPS) is 13.9. The number of hydrogen-bond donors (Lipinski definition) is 0. The lowest BCUT2D eigenvalue weighted by Gasteiger charge is -2.04. The van der Waals surface area contributed by atoms with Crippen molar-refractivity contribution in [3.05, 3.63) is 23.0 Å². The molecule has 0 aromatic carbocycles. The van der Waals surface area contributed by atoms with E-state index in [0.29, 0.717) is 11.0 Å². The SMILES string of the molecule is [B]c1cc(CS(C)(=O)=NC#N)cnc1Cl. The Labute approximate surface area is 94.9 Å². The van der Waals surface area contributed by atoms with Crippen molar-refractivity contribution in [2.24, 2.45) is 4.36 Å². The van der Waals surface area contributed by atoms with E-state index in [1.165, 1.54) is 18.6 Å². The number of aromatic nitrogens is 1. The number of hydrogen-bond acceptors (Lipinski definition) is 4. The summed E-state index contributed by atoms with van der Waals surface area (Å²) in [4.78, 5) is 3.81. The topological polar surface area (TPSA) is 66.1 Å². The van der Waals surface area contributed by atoms with Crippen LogP contribution in [0.25, 0.3) is 0 Å². The van der Waals surface area contributed by atoms with Crippen molar-refractivity contribution in [2.45, 2.75) is 5.75 Å². The molecule has 0 N–H and O–H groups in total. The summed E-state index contributed by atoms with van der Waals surface area (Å²) in [5, 5.41) is 8.53. The third-order valence-corrected chi connectivity index (χ3v) is 3.24. The molecule has 0 aliphatic carbocycles. The molecule has 0 aliphatic heterocycles. The molecule has 0 amide bonds. The fraction of sp³-hybridized carbons (Fsp3) is 0.250. The molecular weight excluding hydrogens is 232 g/mol. The van der Waals surface area contributed by atoms with Crippen LogP contribution in [0.15, 0.2) is 16.6 Å². The van der Waals surface area contributed by atoms with Gasteiger partial charge in [-0.05, 0) is 5.56 Å². The van der Waals surface area contributed by atoms with Gasteiger partial charge in [0, 0.05) is 12.5 Å². The van der Waals surface area contributed by atoms with Crippen molar-refractivity contribution in [3.63, 3.8) is 0 Å². The summed E-state index contributed by atoms with van der Waals surface area (Å²) in [5.41, 5.74) is 0.963. The van der Waals surface area contributed by atoms with Crippen molar-refractivity contribution in [1.82, 2.24) is 4.98 Å². The summed E-state index contributed by atoms with van der Waals surface area (Å²) >= 11 is 5.63. The maximum atomic E-state index is 11.7. The van der Waals surface area contributed by atoms with E-state index in [-0.39, 0.29) is 10.9 Å². The molecule has 1 rings (SSSR count). The average Bonchev–Trinajstić information content (AvgIpc) is 2.10. The fourth-order valence-corrected chi connectivity index (χ4v) is 2.13. The molecule has 76 valence electrons. The van der Waals surface area contributed by atoms with Crippen molar-refractivity contribution < 1.29 is 4.21 Å². The van der Waals surface area contributed by atoms with E-state index in [9.17, 15) is 4.21 Å². The highest BCUT2D eigenvalue weighted by atomic mass is 35.5. The lowest BCUT2D eigenvalue weighted by molar-refractivity contribution is 0.680. The van der Waals surface area contributed by atoms with Gasteiger partial charge in [0.25, 0.3) is 0 Å². The Hall–Kier alpha value is -1.06. The monoisotopic (exact) mass is 239 g/mol. The first-order valence-electron chi connectivity index (χ1n) is 3.92. The zero-order valence-corrected chi connectivity index (χ0v) is 9.55. The van der Waals surface area contributed by atoms with Gasteiger partial charge in [-0.1, -0.05) is 23.1 Å². The number of nitriles is 1. The first-order chi connectivity index (χ1) is 6.94. The number of pyridine rings is 1. The van der Waals surface area contributed by atoms with E-state index in [0.717, 1.165) is 0 Å². The smallest absolute Gasteiger partial charge is 0.214 e. The molecule has 0 bridgehead atoms. The molecule has 2 radical (unpaired) electrons. The quantitative estimate of drug-likeness (QED) is 0.431. The van der Waals surface area contributed by atoms with Gasteiger partial charge >= 0.3 is 0 Å². The third-order valence-electron chi connectivity index (χ3n) is 1.59. The summed E-state index contributed by atoms with van der Waals surface area (Å²) < 4.78 is 15.0. The molecule has 1 atom stereocenters. The predicted molar refractivity (Wildman–Crippen MR) is 60.4 cm³/mol. The first-order valence-corrected chi connectivity index (χ1v) is 6.39. The standard InChI is InChI=1S/C8H7BClN3OS/c1-15(14,13-5-11)4-6-2-7(9)8(10)12-3-6/h2-3H,4H2,1H3. The second-order valence-electron chi connectivity index (χ2n) is 3.02. The van der Waals surface area contributed by atoms with Gasteiger partial charge in [-0.25, -0.2) is 9.19 Å². The Morgan fingerprint density at radius 1 is 1.80 bits per heavy atom. The van der Waals surface area contributed by atoms with Crippen molar-refractivity contribution in [1.29, 1.82) is 5.26 Å². The van der Waals surface area contributed by atoms with Crippen LogP contribution in [-0.2, 0) is 15.5 Å². The van der Waals surface area contributed by atoms with Crippen LogP contribution in [0.1, 0.15) is 5.56 Å². The summed E-state index contributed by atoms with van der Waals surface area (Å²) in [6.45, 7) is 0. The van der Waals surface area contributed by atoms with Gasteiger partial charge in [0.15, 0.2) is 0 Å². The second-order valence-corrected chi connectivity index (χ2v) is 5.77. The van der Waals surface area contributed by atoms with Gasteiger partial charge in [-0.15, -0.1) is 4.36 Å². The number of nitrogens with zero attached hydrogens (tertiary/aromatic N) is 3. The van der Waals surface area contributed by atoms with E-state index in [4.69, 9.17) is 24.7 Å². The van der Waals surface area contributed by atoms with Gasteiger partial charge < -0.3 is 0 Å². The average molecular weight is 239 g/mol. The Morgan fingerprint density at radius 3 is 3.00 bits per heavy atom. The summed E-state index contributed by atoms with van der Waals surface area (Å²) in [6, 6.07) is 1.57. The maximum Gasteiger partial charge on any atom is 0.214 e. The van der Waals surface area contributed by atoms with E-state index in [2.05, 4.69) is 9.35 Å². The zero-order chi connectivity index (χ0) is 11.5. The largest absolute Gasteiger partial charge is 0.249 e. The Morgan fingerprint density at radius 2 is 2.47 bits per heavy atom. The van der Waals surface area contributed by atoms with Gasteiger partial charge in [0.05, 0.1) is 15.5 Å². The molecule has 15 heavy (non-hydrogen) atoms. The van der Waals surface area contributed by atoms with Crippen LogP contribution in [0.3, 0.4) is 0 Å². The molecule has 1 aromatic heterocycles. The predicted octanol–water partition coefficient (Wildman–Crippen LogP) is 0.608. The maximum absolute atomic E-state index is 11.7. The minimum Gasteiger partial charge on any atom is -0.249 e. The molecule has 4 nitrogen and oxygen atoms in total. The van der Waals surface area contributed by atoms with Crippen LogP contribution in [0.2, 0.25) is 5.15 Å². The molecule has 7 heteroatoms. The number of rotatable bonds is 2. The van der Waals surface area contributed by atoms with Crippen LogP contribution >= 0.6 is 11.6 Å². The van der Waals surface area contributed by atoms with Crippen LogP contribution in [0.5, 0.6) is 0 Å². The lowest BCUT2D eigenvalue weighted by atomic mass is 9.97. The first kappa shape index (κ1) is 12.0. The molecule has 0 saturated carbocycles. The van der Waals surface area contributed by atoms with Crippen molar-refractivity contribution in [2.75, 3.05) is 6.26 Å². The fourth-order valence-electron chi connectivity index (χ4n) is 1.02. The van der Waals surface area contributed by atoms with E-state index in [1.54, 1.807) is 6.07 Å². The molecule has 1 unspecified atom stereocenters. The van der Waals surface area contributed by atoms with Gasteiger partial charge in [-0.3, -0.25) is 0 Å². The van der Waals surface area contributed by atoms with E-state index in [1.807, 2.05) is 0 Å². The minimum absolute atomic E-state index is 0.134. The summed E-state index contributed by atoms with van der Waals surface area (Å²) in [5.74, 6) is 0.134. The highest BCUT2D eigenvalue weighted by Gasteiger charge is 2.05. The van der Waals surface area contributed by atoms with Gasteiger partial charge in [0.1, 0.15) is 13.0 Å².